The summed E-state index contributed by atoms with van der Waals surface area (Å²) in [5, 5.41) is 3.68. The molecule has 22 heavy (non-hydrogen) atoms. The summed E-state index contributed by atoms with van der Waals surface area (Å²) >= 11 is 0. The lowest BCUT2D eigenvalue weighted by atomic mass is 9.64. The van der Waals surface area contributed by atoms with E-state index in [0.717, 1.165) is 11.8 Å². The van der Waals surface area contributed by atoms with E-state index in [4.69, 9.17) is 0 Å². The summed E-state index contributed by atoms with van der Waals surface area (Å²) in [6.45, 7) is 12.3. The molecule has 1 heterocycles. The highest BCUT2D eigenvalue weighted by molar-refractivity contribution is 4.89. The van der Waals surface area contributed by atoms with E-state index < -0.39 is 0 Å². The lowest BCUT2D eigenvalue weighted by Crippen LogP contribution is -2.44. The summed E-state index contributed by atoms with van der Waals surface area (Å²) in [5.41, 5.74) is 0.576. The third-order valence-electron chi connectivity index (χ3n) is 6.18. The van der Waals surface area contributed by atoms with E-state index in [1.54, 1.807) is 0 Å². The molecule has 1 fully saturated rings. The molecule has 0 saturated carbocycles. The van der Waals surface area contributed by atoms with Gasteiger partial charge in [0.15, 0.2) is 0 Å². The fourth-order valence-corrected chi connectivity index (χ4v) is 4.51. The van der Waals surface area contributed by atoms with E-state index in [1.165, 1.54) is 90.1 Å². The van der Waals surface area contributed by atoms with Crippen molar-refractivity contribution in [1.82, 2.24) is 5.32 Å². The molecular weight excluding hydrogens is 266 g/mol. The van der Waals surface area contributed by atoms with Crippen LogP contribution in [-0.4, -0.2) is 13.1 Å². The van der Waals surface area contributed by atoms with E-state index in [9.17, 15) is 0 Å². The quantitative estimate of drug-likeness (QED) is 0.402. The molecule has 1 rings (SSSR count). The van der Waals surface area contributed by atoms with Crippen molar-refractivity contribution in [2.75, 3.05) is 13.1 Å². The third-order valence-corrected chi connectivity index (χ3v) is 6.18. The van der Waals surface area contributed by atoms with Gasteiger partial charge in [0, 0.05) is 0 Å². The van der Waals surface area contributed by atoms with Gasteiger partial charge in [-0.05, 0) is 49.6 Å². The second-order valence-corrected chi connectivity index (χ2v) is 8.21. The average molecular weight is 310 g/mol. The lowest BCUT2D eigenvalue weighted by molar-refractivity contribution is 0.0734. The zero-order chi connectivity index (χ0) is 16.3. The number of hydrogen-bond donors (Lipinski definition) is 1. The van der Waals surface area contributed by atoms with Gasteiger partial charge in [0.25, 0.3) is 0 Å². The lowest BCUT2D eigenvalue weighted by Gasteiger charge is -2.44. The van der Waals surface area contributed by atoms with Crippen molar-refractivity contribution in [3.63, 3.8) is 0 Å². The molecule has 1 aliphatic rings. The highest BCUT2D eigenvalue weighted by Crippen LogP contribution is 2.44. The Kier molecular flexibility index (Phi) is 10.4. The van der Waals surface area contributed by atoms with Gasteiger partial charge in [-0.25, -0.2) is 0 Å². The van der Waals surface area contributed by atoms with Crippen LogP contribution in [0.2, 0.25) is 0 Å². The number of nitrogens with one attached hydrogen (secondary N) is 1. The largest absolute Gasteiger partial charge is 0.316 e. The van der Waals surface area contributed by atoms with Crippen molar-refractivity contribution in [2.45, 2.75) is 105 Å². The molecule has 1 aliphatic heterocycles. The minimum absolute atomic E-state index is 0.576. The number of rotatable bonds is 12. The van der Waals surface area contributed by atoms with Gasteiger partial charge >= 0.3 is 0 Å². The molecule has 3 atom stereocenters. The number of piperidine rings is 1. The Morgan fingerprint density at radius 3 is 1.95 bits per heavy atom. The minimum atomic E-state index is 0.576. The smallest absolute Gasteiger partial charge is 0.00127 e. The molecule has 1 heteroatoms. The Morgan fingerprint density at radius 2 is 1.41 bits per heavy atom. The average Bonchev–Trinajstić information content (AvgIpc) is 2.52. The first-order chi connectivity index (χ1) is 10.6. The maximum Gasteiger partial charge on any atom is -0.00127 e. The van der Waals surface area contributed by atoms with Gasteiger partial charge in [-0.3, -0.25) is 0 Å². The topological polar surface area (TPSA) is 12.0 Å². The van der Waals surface area contributed by atoms with Crippen LogP contribution in [0.15, 0.2) is 0 Å². The van der Waals surface area contributed by atoms with Gasteiger partial charge in [0.1, 0.15) is 0 Å². The number of unbranched alkanes of at least 4 members (excludes halogenated alkanes) is 7. The maximum atomic E-state index is 3.68. The van der Waals surface area contributed by atoms with Crippen LogP contribution >= 0.6 is 0 Å². The van der Waals surface area contributed by atoms with Gasteiger partial charge in [-0.2, -0.15) is 0 Å². The van der Waals surface area contributed by atoms with Crippen molar-refractivity contribution >= 4 is 0 Å². The maximum absolute atomic E-state index is 3.68. The van der Waals surface area contributed by atoms with Crippen molar-refractivity contribution in [2.24, 2.45) is 17.3 Å². The van der Waals surface area contributed by atoms with Crippen LogP contribution in [0.3, 0.4) is 0 Å². The summed E-state index contributed by atoms with van der Waals surface area (Å²) < 4.78 is 0. The summed E-state index contributed by atoms with van der Waals surface area (Å²) in [7, 11) is 0. The second-order valence-electron chi connectivity index (χ2n) is 8.21. The Balaban J connectivity index is 2.50. The van der Waals surface area contributed by atoms with Gasteiger partial charge in [-0.1, -0.05) is 85.5 Å². The SMILES string of the molecule is CCCCCCCC(C)(CCCCCC)C1CNCCC1C. The standard InChI is InChI=1S/C21H43N/c1-5-7-9-11-13-16-21(4,15-12-10-8-6-2)20-18-22-17-14-19(20)3/h19-20,22H,5-18H2,1-4H3. The fourth-order valence-electron chi connectivity index (χ4n) is 4.51. The molecule has 0 spiro atoms. The van der Waals surface area contributed by atoms with E-state index in [2.05, 4.69) is 33.0 Å². The van der Waals surface area contributed by atoms with Crippen LogP contribution in [0.4, 0.5) is 0 Å². The van der Waals surface area contributed by atoms with Gasteiger partial charge < -0.3 is 5.32 Å². The predicted molar refractivity (Wildman–Crippen MR) is 100 cm³/mol. The second kappa shape index (κ2) is 11.5. The highest BCUT2D eigenvalue weighted by Gasteiger charge is 2.37. The Hall–Kier alpha value is -0.0400. The van der Waals surface area contributed by atoms with Crippen LogP contribution in [0.5, 0.6) is 0 Å². The molecule has 132 valence electrons. The molecule has 1 saturated heterocycles. The number of hydrogen-bond acceptors (Lipinski definition) is 1. The molecule has 0 aromatic heterocycles. The minimum Gasteiger partial charge on any atom is -0.316 e. The fraction of sp³-hybridized carbons (Fsp3) is 1.00. The third kappa shape index (κ3) is 7.02. The molecule has 1 nitrogen and oxygen atoms in total. The summed E-state index contributed by atoms with van der Waals surface area (Å²) in [4.78, 5) is 0. The van der Waals surface area contributed by atoms with Crippen LogP contribution in [-0.2, 0) is 0 Å². The van der Waals surface area contributed by atoms with Crippen molar-refractivity contribution < 1.29 is 0 Å². The van der Waals surface area contributed by atoms with E-state index in [-0.39, 0.29) is 0 Å². The van der Waals surface area contributed by atoms with E-state index in [0.29, 0.717) is 5.41 Å². The first kappa shape index (κ1) is 20.0. The van der Waals surface area contributed by atoms with Gasteiger partial charge in [0.05, 0.1) is 0 Å². The molecule has 0 aromatic rings. The Bertz CT molecular complexity index is 263. The molecule has 0 aliphatic carbocycles. The monoisotopic (exact) mass is 309 g/mol. The zero-order valence-corrected chi connectivity index (χ0v) is 16.1. The van der Waals surface area contributed by atoms with Crippen LogP contribution in [0.1, 0.15) is 105 Å². The van der Waals surface area contributed by atoms with Crippen LogP contribution < -0.4 is 5.32 Å². The van der Waals surface area contributed by atoms with Crippen LogP contribution in [0.25, 0.3) is 0 Å². The normalized spacial score (nSPS) is 25.1. The van der Waals surface area contributed by atoms with Gasteiger partial charge in [-0.15, -0.1) is 0 Å². The van der Waals surface area contributed by atoms with Crippen LogP contribution in [0, 0.1) is 17.3 Å². The molecule has 3 unspecified atom stereocenters. The first-order valence-corrected chi connectivity index (χ1v) is 10.3. The molecule has 0 radical (unpaired) electrons. The van der Waals surface area contributed by atoms with Crippen molar-refractivity contribution in [3.8, 4) is 0 Å². The molecule has 0 amide bonds. The van der Waals surface area contributed by atoms with Gasteiger partial charge in [0.2, 0.25) is 0 Å². The molecule has 0 bridgehead atoms. The van der Waals surface area contributed by atoms with Crippen molar-refractivity contribution in [1.29, 1.82) is 0 Å². The van der Waals surface area contributed by atoms with Crippen molar-refractivity contribution in [3.05, 3.63) is 0 Å². The molecule has 1 N–H and O–H groups in total. The van der Waals surface area contributed by atoms with E-state index >= 15 is 0 Å². The Morgan fingerprint density at radius 1 is 0.864 bits per heavy atom. The summed E-state index contributed by atoms with van der Waals surface area (Å²) in [5.74, 6) is 1.81. The first-order valence-electron chi connectivity index (χ1n) is 10.3. The molecular formula is C21H43N. The zero-order valence-electron chi connectivity index (χ0n) is 16.1. The highest BCUT2D eigenvalue weighted by atomic mass is 14.9. The molecule has 0 aromatic carbocycles. The van der Waals surface area contributed by atoms with E-state index in [1.807, 2.05) is 0 Å². The Labute approximate surface area is 141 Å². The predicted octanol–water partition coefficient (Wildman–Crippen LogP) is 6.57. The summed E-state index contributed by atoms with van der Waals surface area (Å²) in [6.07, 6.45) is 17.1. The summed E-state index contributed by atoms with van der Waals surface area (Å²) in [6, 6.07) is 0.